The average molecular weight is 437 g/mol. The minimum atomic E-state index is -3.95. The Kier molecular flexibility index (Phi) is 21.4. The second-order valence-electron chi connectivity index (χ2n) is 8.41. The molecule has 0 aliphatic rings. The van der Waals surface area contributed by atoms with Crippen molar-refractivity contribution < 1.29 is 23.8 Å². The van der Waals surface area contributed by atoms with E-state index in [2.05, 4.69) is 6.92 Å². The van der Waals surface area contributed by atoms with Crippen LogP contribution in [0.3, 0.4) is 0 Å². The quantitative estimate of drug-likeness (QED) is 0.135. The first kappa shape index (κ1) is 29.1. The summed E-state index contributed by atoms with van der Waals surface area (Å²) < 4.78 is 21.7. The van der Waals surface area contributed by atoms with E-state index in [1.54, 1.807) is 7.11 Å². The van der Waals surface area contributed by atoms with E-state index in [0.717, 1.165) is 6.42 Å². The molecule has 0 bridgehead atoms. The Morgan fingerprint density at radius 1 is 0.724 bits per heavy atom. The summed E-state index contributed by atoms with van der Waals surface area (Å²) in [5.74, 6) is 0. The Bertz CT molecular complexity index is 372. The highest BCUT2D eigenvalue weighted by Gasteiger charge is 2.17. The van der Waals surface area contributed by atoms with Gasteiger partial charge in [-0.2, -0.15) is 0 Å². The van der Waals surface area contributed by atoms with Crippen molar-refractivity contribution in [3.05, 3.63) is 0 Å². The molecule has 0 amide bonds. The summed E-state index contributed by atoms with van der Waals surface area (Å²) in [5, 5.41) is 0. The van der Waals surface area contributed by atoms with Gasteiger partial charge in [-0.25, -0.2) is 0 Å². The van der Waals surface area contributed by atoms with E-state index in [9.17, 15) is 4.57 Å². The normalized spacial score (nSPS) is 13.1. The molecule has 0 saturated carbocycles. The number of ether oxygens (including phenoxy) is 2. The molecule has 0 aromatic rings. The summed E-state index contributed by atoms with van der Waals surface area (Å²) in [6.07, 6.45) is 21.6. The second kappa shape index (κ2) is 21.3. The Morgan fingerprint density at radius 2 is 1.14 bits per heavy atom. The molecule has 0 rings (SSSR count). The maximum absolute atomic E-state index is 10.9. The molecule has 0 heterocycles. The maximum Gasteiger partial charge on any atom is 0.325 e. The minimum Gasteiger partial charge on any atom is -0.379 e. The molecule has 5 nitrogen and oxygen atoms in total. The number of methoxy groups -OCH3 is 1. The highest BCUT2D eigenvalue weighted by Crippen LogP contribution is 2.35. The lowest BCUT2D eigenvalue weighted by molar-refractivity contribution is 0.00575. The second-order valence-corrected chi connectivity index (χ2v) is 10.2. The monoisotopic (exact) mass is 436 g/mol. The van der Waals surface area contributed by atoms with Gasteiger partial charge in [-0.05, 0) is 12.8 Å². The molecule has 2 N–H and O–H groups in total. The summed E-state index contributed by atoms with van der Waals surface area (Å²) in [7, 11) is -2.39. The molecule has 0 fully saturated rings. The van der Waals surface area contributed by atoms with E-state index in [1.165, 1.54) is 96.3 Å². The van der Waals surface area contributed by atoms with Gasteiger partial charge in [0.15, 0.2) is 0 Å². The van der Waals surface area contributed by atoms with Gasteiger partial charge in [0.25, 0.3) is 0 Å². The molecule has 176 valence electrons. The fourth-order valence-corrected chi connectivity index (χ4v) is 4.17. The van der Waals surface area contributed by atoms with Crippen molar-refractivity contribution in [3.63, 3.8) is 0 Å². The van der Waals surface area contributed by atoms with Crippen molar-refractivity contribution in [2.24, 2.45) is 0 Å². The van der Waals surface area contributed by atoms with Crippen LogP contribution >= 0.6 is 7.60 Å². The minimum absolute atomic E-state index is 0.145. The Labute approximate surface area is 180 Å². The molecule has 0 spiro atoms. The lowest BCUT2D eigenvalue weighted by Crippen LogP contribution is -2.20. The van der Waals surface area contributed by atoms with Gasteiger partial charge in [0.2, 0.25) is 0 Å². The van der Waals surface area contributed by atoms with E-state index in [1.807, 2.05) is 0 Å². The third-order valence-corrected chi connectivity index (χ3v) is 6.36. The predicted molar refractivity (Wildman–Crippen MR) is 123 cm³/mol. The number of rotatable bonds is 23. The van der Waals surface area contributed by atoms with E-state index < -0.39 is 7.60 Å². The van der Waals surface area contributed by atoms with Gasteiger partial charge < -0.3 is 19.3 Å². The maximum atomic E-state index is 10.9. The highest BCUT2D eigenvalue weighted by atomic mass is 31.2. The lowest BCUT2D eigenvalue weighted by Gasteiger charge is -2.15. The van der Waals surface area contributed by atoms with Gasteiger partial charge in [-0.3, -0.25) is 4.57 Å². The average Bonchev–Trinajstić information content (AvgIpc) is 2.68. The van der Waals surface area contributed by atoms with Crippen LogP contribution in [0.15, 0.2) is 0 Å². The van der Waals surface area contributed by atoms with Crippen molar-refractivity contribution in [1.82, 2.24) is 0 Å². The number of unbranched alkanes of at least 4 members (excludes halogenated alkanes) is 15. The first-order valence-corrected chi connectivity index (χ1v) is 13.9. The van der Waals surface area contributed by atoms with Crippen LogP contribution in [0.1, 0.15) is 116 Å². The summed E-state index contributed by atoms with van der Waals surface area (Å²) >= 11 is 0. The number of hydrogen-bond donors (Lipinski definition) is 2. The third kappa shape index (κ3) is 24.2. The fraction of sp³-hybridized carbons (Fsp3) is 1.00. The van der Waals surface area contributed by atoms with E-state index in [4.69, 9.17) is 19.3 Å². The van der Waals surface area contributed by atoms with Crippen molar-refractivity contribution in [2.45, 2.75) is 122 Å². The molecule has 0 aliphatic heterocycles. The van der Waals surface area contributed by atoms with Crippen molar-refractivity contribution >= 4 is 7.60 Å². The third-order valence-electron chi connectivity index (χ3n) is 5.52. The van der Waals surface area contributed by atoms with Crippen LogP contribution in [0.25, 0.3) is 0 Å². The van der Waals surface area contributed by atoms with Crippen LogP contribution in [0.4, 0.5) is 0 Å². The van der Waals surface area contributed by atoms with Crippen LogP contribution in [-0.4, -0.2) is 42.4 Å². The molecule has 0 radical (unpaired) electrons. The summed E-state index contributed by atoms with van der Waals surface area (Å²) in [4.78, 5) is 17.8. The van der Waals surface area contributed by atoms with Crippen molar-refractivity contribution in [2.75, 3.05) is 26.5 Å². The van der Waals surface area contributed by atoms with E-state index in [-0.39, 0.29) is 12.3 Å². The molecule has 0 aromatic heterocycles. The van der Waals surface area contributed by atoms with Gasteiger partial charge in [-0.1, -0.05) is 103 Å². The van der Waals surface area contributed by atoms with Crippen LogP contribution in [0.2, 0.25) is 0 Å². The first-order valence-electron chi connectivity index (χ1n) is 12.1. The van der Waals surface area contributed by atoms with Crippen molar-refractivity contribution in [1.29, 1.82) is 0 Å². The molecular formula is C23H49O5P. The number of hydrogen-bond acceptors (Lipinski definition) is 3. The smallest absolute Gasteiger partial charge is 0.325 e. The molecule has 0 saturated heterocycles. The SMILES string of the molecule is CCCCCCCCCCCCCCCCCCOC[C@H](CCP(=O)(O)O)OC. The molecule has 0 aromatic carbocycles. The van der Waals surface area contributed by atoms with Crippen LogP contribution < -0.4 is 0 Å². The Hall–Kier alpha value is 0.0700. The summed E-state index contributed by atoms with van der Waals surface area (Å²) in [6.45, 7) is 3.39. The van der Waals surface area contributed by atoms with Crippen LogP contribution in [0, 0.1) is 0 Å². The van der Waals surface area contributed by atoms with E-state index in [0.29, 0.717) is 19.6 Å². The van der Waals surface area contributed by atoms with Gasteiger partial charge in [0.05, 0.1) is 18.9 Å². The largest absolute Gasteiger partial charge is 0.379 e. The molecule has 0 unspecified atom stereocenters. The predicted octanol–water partition coefficient (Wildman–Crippen LogP) is 6.85. The van der Waals surface area contributed by atoms with Crippen LogP contribution in [-0.2, 0) is 14.0 Å². The fourth-order valence-electron chi connectivity index (χ4n) is 3.55. The molecule has 6 heteroatoms. The summed E-state index contributed by atoms with van der Waals surface area (Å²) in [5.41, 5.74) is 0. The van der Waals surface area contributed by atoms with Crippen LogP contribution in [0.5, 0.6) is 0 Å². The topological polar surface area (TPSA) is 76.0 Å². The zero-order valence-corrected chi connectivity index (χ0v) is 20.2. The molecule has 29 heavy (non-hydrogen) atoms. The van der Waals surface area contributed by atoms with Gasteiger partial charge in [0, 0.05) is 13.7 Å². The zero-order valence-electron chi connectivity index (χ0n) is 19.3. The Balaban J connectivity index is 3.22. The van der Waals surface area contributed by atoms with Gasteiger partial charge in [-0.15, -0.1) is 0 Å². The van der Waals surface area contributed by atoms with E-state index >= 15 is 0 Å². The molecular weight excluding hydrogens is 387 g/mol. The standard InChI is InChI=1S/C23H49O5P/c1-3-4-5-6-7-8-9-10-11-12-13-14-15-16-17-18-20-28-22-23(27-2)19-21-29(24,25)26/h23H,3-22H2,1-2H3,(H2,24,25,26)/t23-/m0/s1. The molecule has 1 atom stereocenters. The highest BCUT2D eigenvalue weighted by molar-refractivity contribution is 7.51. The Morgan fingerprint density at radius 3 is 1.52 bits per heavy atom. The summed E-state index contributed by atoms with van der Waals surface area (Å²) in [6, 6.07) is 0. The van der Waals surface area contributed by atoms with Gasteiger partial charge >= 0.3 is 7.60 Å². The van der Waals surface area contributed by atoms with Crippen molar-refractivity contribution in [3.8, 4) is 0 Å². The zero-order chi connectivity index (χ0) is 21.6. The lowest BCUT2D eigenvalue weighted by atomic mass is 10.0. The molecule has 0 aliphatic carbocycles. The first-order chi connectivity index (χ1) is 14.0. The van der Waals surface area contributed by atoms with Gasteiger partial charge in [0.1, 0.15) is 0 Å².